The van der Waals surface area contributed by atoms with E-state index in [2.05, 4.69) is 6.92 Å². The molecular weight excluding hydrogens is 320 g/mol. The Morgan fingerprint density at radius 3 is 2.36 bits per heavy atom. The van der Waals surface area contributed by atoms with Crippen LogP contribution < -0.4 is 0 Å². The summed E-state index contributed by atoms with van der Waals surface area (Å²) in [7, 11) is 0. The fourth-order valence-corrected chi connectivity index (χ4v) is 2.21. The van der Waals surface area contributed by atoms with Gasteiger partial charge in [-0.3, -0.25) is 4.79 Å². The van der Waals surface area contributed by atoms with E-state index >= 15 is 0 Å². The molecule has 0 aliphatic rings. The molecule has 0 aliphatic carbocycles. The number of carbonyl (C=O) groups is 1. The number of carboxylic acid groups (broad SMARTS) is 1. The van der Waals surface area contributed by atoms with Gasteiger partial charge in [-0.2, -0.15) is 0 Å². The van der Waals surface area contributed by atoms with E-state index in [0.717, 1.165) is 25.7 Å². The molecule has 0 aromatic heterocycles. The first-order valence-electron chi connectivity index (χ1n) is 9.21. The normalized spacial score (nSPS) is 16.0. The smallest absolute Gasteiger partial charge is 0.303 e. The van der Waals surface area contributed by atoms with Gasteiger partial charge in [-0.25, -0.2) is 0 Å². The first kappa shape index (κ1) is 23.6. The van der Waals surface area contributed by atoms with Crippen molar-refractivity contribution in [1.82, 2.24) is 0 Å². The summed E-state index contributed by atoms with van der Waals surface area (Å²) in [6, 6.07) is 0. The van der Waals surface area contributed by atoms with E-state index in [-0.39, 0.29) is 6.42 Å². The second-order valence-corrected chi connectivity index (χ2v) is 6.21. The summed E-state index contributed by atoms with van der Waals surface area (Å²) < 4.78 is 0. The molecule has 5 heteroatoms. The first-order valence-corrected chi connectivity index (χ1v) is 9.21. The highest BCUT2D eigenvalue weighted by atomic mass is 16.4. The Bertz CT molecular complexity index is 414. The largest absolute Gasteiger partial charge is 0.481 e. The Labute approximate surface area is 151 Å². The maximum Gasteiger partial charge on any atom is 0.303 e. The molecule has 0 heterocycles. The number of aliphatic hydroxyl groups is 3. The van der Waals surface area contributed by atoms with Crippen LogP contribution in [0.4, 0.5) is 0 Å². The van der Waals surface area contributed by atoms with Gasteiger partial charge in [0.25, 0.3) is 0 Å². The van der Waals surface area contributed by atoms with E-state index in [4.69, 9.17) is 5.11 Å². The van der Waals surface area contributed by atoms with Crippen molar-refractivity contribution in [2.24, 2.45) is 0 Å². The number of hydrogen-bond acceptors (Lipinski definition) is 4. The van der Waals surface area contributed by atoms with Crippen LogP contribution in [0.3, 0.4) is 0 Å². The zero-order valence-corrected chi connectivity index (χ0v) is 15.3. The maximum atomic E-state index is 10.3. The summed E-state index contributed by atoms with van der Waals surface area (Å²) in [5.41, 5.74) is 0. The van der Waals surface area contributed by atoms with Crippen molar-refractivity contribution in [1.29, 1.82) is 0 Å². The number of aliphatic hydroxyl groups excluding tert-OH is 3. The van der Waals surface area contributed by atoms with Gasteiger partial charge in [0.05, 0.1) is 18.3 Å². The van der Waals surface area contributed by atoms with Crippen LogP contribution in [0.5, 0.6) is 0 Å². The third-order valence-electron chi connectivity index (χ3n) is 3.77. The van der Waals surface area contributed by atoms with Gasteiger partial charge in [0.1, 0.15) is 0 Å². The lowest BCUT2D eigenvalue weighted by atomic mass is 10.1. The lowest BCUT2D eigenvalue weighted by Gasteiger charge is -2.13. The van der Waals surface area contributed by atoms with Crippen molar-refractivity contribution >= 4 is 5.97 Å². The van der Waals surface area contributed by atoms with Crippen LogP contribution in [0.1, 0.15) is 64.7 Å². The van der Waals surface area contributed by atoms with E-state index in [9.17, 15) is 20.1 Å². The topological polar surface area (TPSA) is 98.0 Å². The minimum absolute atomic E-state index is 0.186. The molecule has 2 unspecified atom stereocenters. The van der Waals surface area contributed by atoms with E-state index < -0.39 is 24.3 Å². The standard InChI is InChI=1S/C20H34O5/c1-2-3-9-12-17(21)15-16-19(23)18(22)13-10-7-5-4-6-8-11-14-20(24)25/h4,6-7,10,15-19,21-23H,2-3,5,8-9,11-14H2,1H3,(H,24,25)/b6-4-,10-7-,16-15+/t17-,18?,19?/m0/s1. The highest BCUT2D eigenvalue weighted by Crippen LogP contribution is 2.07. The molecule has 5 nitrogen and oxygen atoms in total. The third kappa shape index (κ3) is 15.8. The van der Waals surface area contributed by atoms with Crippen LogP contribution >= 0.6 is 0 Å². The molecule has 0 rings (SSSR count). The molecular formula is C20H34O5. The zero-order valence-electron chi connectivity index (χ0n) is 15.3. The van der Waals surface area contributed by atoms with Crippen LogP contribution in [-0.4, -0.2) is 44.7 Å². The van der Waals surface area contributed by atoms with Gasteiger partial charge < -0.3 is 20.4 Å². The molecule has 0 saturated carbocycles. The molecule has 0 fully saturated rings. The van der Waals surface area contributed by atoms with E-state index in [1.54, 1.807) is 12.2 Å². The fraction of sp³-hybridized carbons (Fsp3) is 0.650. The number of allylic oxidation sites excluding steroid dienone is 3. The number of carboxylic acids is 1. The van der Waals surface area contributed by atoms with Crippen molar-refractivity contribution < 1.29 is 25.2 Å². The van der Waals surface area contributed by atoms with Gasteiger partial charge in [0.2, 0.25) is 0 Å². The second kappa shape index (κ2) is 16.1. The molecule has 0 bridgehead atoms. The van der Waals surface area contributed by atoms with Crippen LogP contribution in [0.15, 0.2) is 36.5 Å². The van der Waals surface area contributed by atoms with Crippen LogP contribution in [0.25, 0.3) is 0 Å². The molecule has 4 N–H and O–H groups in total. The highest BCUT2D eigenvalue weighted by Gasteiger charge is 2.11. The molecule has 0 aliphatic heterocycles. The summed E-state index contributed by atoms with van der Waals surface area (Å²) in [5.74, 6) is -0.775. The van der Waals surface area contributed by atoms with Crippen LogP contribution in [0.2, 0.25) is 0 Å². The lowest BCUT2D eigenvalue weighted by Crippen LogP contribution is -2.23. The van der Waals surface area contributed by atoms with Gasteiger partial charge in [0.15, 0.2) is 0 Å². The summed E-state index contributed by atoms with van der Waals surface area (Å²) in [5, 5.41) is 37.9. The zero-order chi connectivity index (χ0) is 18.9. The Hall–Kier alpha value is -1.43. The Morgan fingerprint density at radius 1 is 0.960 bits per heavy atom. The molecule has 144 valence electrons. The van der Waals surface area contributed by atoms with Gasteiger partial charge in [-0.1, -0.05) is 62.6 Å². The van der Waals surface area contributed by atoms with Crippen molar-refractivity contribution in [3.05, 3.63) is 36.5 Å². The average molecular weight is 354 g/mol. The van der Waals surface area contributed by atoms with Crippen molar-refractivity contribution in [2.45, 2.75) is 83.0 Å². The monoisotopic (exact) mass is 354 g/mol. The maximum absolute atomic E-state index is 10.3. The second-order valence-electron chi connectivity index (χ2n) is 6.21. The predicted molar refractivity (Wildman–Crippen MR) is 100 cm³/mol. The van der Waals surface area contributed by atoms with Crippen LogP contribution in [-0.2, 0) is 4.79 Å². The average Bonchev–Trinajstić information content (AvgIpc) is 2.57. The van der Waals surface area contributed by atoms with Crippen molar-refractivity contribution in [3.63, 3.8) is 0 Å². The fourth-order valence-electron chi connectivity index (χ4n) is 2.21. The number of hydrogen-bond donors (Lipinski definition) is 4. The molecule has 0 aromatic rings. The van der Waals surface area contributed by atoms with Gasteiger partial charge >= 0.3 is 5.97 Å². The summed E-state index contributed by atoms with van der Waals surface area (Å²) in [6.45, 7) is 2.10. The Balaban J connectivity index is 3.86. The van der Waals surface area contributed by atoms with Crippen LogP contribution in [0, 0.1) is 0 Å². The quantitative estimate of drug-likeness (QED) is 0.267. The molecule has 25 heavy (non-hydrogen) atoms. The van der Waals surface area contributed by atoms with Crippen molar-refractivity contribution in [3.8, 4) is 0 Å². The molecule has 0 saturated heterocycles. The molecule has 0 radical (unpaired) electrons. The highest BCUT2D eigenvalue weighted by molar-refractivity contribution is 5.66. The van der Waals surface area contributed by atoms with E-state index in [1.807, 2.05) is 18.2 Å². The van der Waals surface area contributed by atoms with Crippen molar-refractivity contribution in [2.75, 3.05) is 0 Å². The van der Waals surface area contributed by atoms with E-state index in [0.29, 0.717) is 25.7 Å². The summed E-state index contributed by atoms with van der Waals surface area (Å²) in [4.78, 5) is 10.3. The molecule has 0 aromatic carbocycles. The van der Waals surface area contributed by atoms with Gasteiger partial charge in [0, 0.05) is 6.42 Å². The van der Waals surface area contributed by atoms with Gasteiger partial charge in [-0.15, -0.1) is 0 Å². The SMILES string of the molecule is CCCCC[C@H](O)/C=C/C(O)C(O)C/C=C\C/C=C\CCCC(=O)O. The summed E-state index contributed by atoms with van der Waals surface area (Å²) >= 11 is 0. The minimum Gasteiger partial charge on any atom is -0.481 e. The Kier molecular flexibility index (Phi) is 15.1. The first-order chi connectivity index (χ1) is 12.0. The number of rotatable bonds is 15. The molecule has 3 atom stereocenters. The minimum atomic E-state index is -0.989. The summed E-state index contributed by atoms with van der Waals surface area (Å²) in [6.07, 6.45) is 14.6. The van der Waals surface area contributed by atoms with Gasteiger partial charge in [-0.05, 0) is 32.1 Å². The molecule has 0 amide bonds. The molecule has 0 spiro atoms. The lowest BCUT2D eigenvalue weighted by molar-refractivity contribution is -0.137. The predicted octanol–water partition coefficient (Wildman–Crippen LogP) is 3.35. The number of unbranched alkanes of at least 4 members (excludes halogenated alkanes) is 3. The number of aliphatic carboxylic acids is 1. The van der Waals surface area contributed by atoms with E-state index in [1.165, 1.54) is 6.08 Å². The Morgan fingerprint density at radius 2 is 1.68 bits per heavy atom. The third-order valence-corrected chi connectivity index (χ3v) is 3.77.